The van der Waals surface area contributed by atoms with E-state index < -0.39 is 0 Å². The molecule has 10 heavy (non-hydrogen) atoms. The second kappa shape index (κ2) is 3.32. The summed E-state index contributed by atoms with van der Waals surface area (Å²) in [6, 6.07) is 0.134. The summed E-state index contributed by atoms with van der Waals surface area (Å²) < 4.78 is 5.13. The highest BCUT2D eigenvalue weighted by Crippen LogP contribution is 2.16. The van der Waals surface area contributed by atoms with Crippen LogP contribution in [-0.2, 0) is 4.74 Å². The van der Waals surface area contributed by atoms with Crippen LogP contribution in [0, 0.1) is 5.92 Å². The summed E-state index contributed by atoms with van der Waals surface area (Å²) in [5, 5.41) is 9.02. The molecule has 1 heterocycles. The quantitative estimate of drug-likeness (QED) is 0.562. The Balaban J connectivity index is 2.26. The summed E-state index contributed by atoms with van der Waals surface area (Å²) >= 11 is 0. The molecule has 0 radical (unpaired) electrons. The van der Waals surface area contributed by atoms with Crippen molar-refractivity contribution in [2.24, 2.45) is 11.7 Å². The van der Waals surface area contributed by atoms with Crippen LogP contribution in [0.3, 0.4) is 0 Å². The molecule has 0 amide bonds. The van der Waals surface area contributed by atoms with Crippen LogP contribution in [0.1, 0.15) is 13.3 Å². The maximum Gasteiger partial charge on any atom is 0.0621 e. The third-order valence-corrected chi connectivity index (χ3v) is 1.89. The first-order valence-electron chi connectivity index (χ1n) is 3.71. The van der Waals surface area contributed by atoms with Gasteiger partial charge in [0.2, 0.25) is 0 Å². The molecule has 1 rings (SSSR count). The van der Waals surface area contributed by atoms with Gasteiger partial charge in [-0.2, -0.15) is 0 Å². The van der Waals surface area contributed by atoms with E-state index in [1.165, 1.54) is 0 Å². The SMILES string of the molecule is CC(O)CC1COCC1N. The van der Waals surface area contributed by atoms with Gasteiger partial charge in [-0.25, -0.2) is 0 Å². The lowest BCUT2D eigenvalue weighted by Gasteiger charge is -2.13. The van der Waals surface area contributed by atoms with Crippen LogP contribution in [0.15, 0.2) is 0 Å². The summed E-state index contributed by atoms with van der Waals surface area (Å²) in [7, 11) is 0. The molecule has 1 saturated heterocycles. The molecule has 0 spiro atoms. The Bertz CT molecular complexity index is 106. The lowest BCUT2D eigenvalue weighted by atomic mass is 9.98. The number of nitrogens with two attached hydrogens (primary N) is 1. The minimum Gasteiger partial charge on any atom is -0.393 e. The number of hydrogen-bond acceptors (Lipinski definition) is 3. The van der Waals surface area contributed by atoms with Gasteiger partial charge in [0, 0.05) is 12.0 Å². The Morgan fingerprint density at radius 2 is 2.40 bits per heavy atom. The fraction of sp³-hybridized carbons (Fsp3) is 1.00. The smallest absolute Gasteiger partial charge is 0.0621 e. The third-order valence-electron chi connectivity index (χ3n) is 1.89. The van der Waals surface area contributed by atoms with Crippen molar-refractivity contribution in [3.8, 4) is 0 Å². The number of aliphatic hydroxyl groups excluding tert-OH is 1. The van der Waals surface area contributed by atoms with Crippen molar-refractivity contribution in [2.75, 3.05) is 13.2 Å². The van der Waals surface area contributed by atoms with Crippen LogP contribution in [0.25, 0.3) is 0 Å². The molecule has 0 saturated carbocycles. The minimum absolute atomic E-state index is 0.134. The Kier molecular flexibility index (Phi) is 2.65. The van der Waals surface area contributed by atoms with Gasteiger partial charge in [0.25, 0.3) is 0 Å². The van der Waals surface area contributed by atoms with Crippen molar-refractivity contribution in [2.45, 2.75) is 25.5 Å². The average Bonchev–Trinajstić information content (AvgIpc) is 2.15. The molecule has 0 aromatic heterocycles. The summed E-state index contributed by atoms with van der Waals surface area (Å²) in [4.78, 5) is 0. The van der Waals surface area contributed by atoms with E-state index in [9.17, 15) is 0 Å². The van der Waals surface area contributed by atoms with E-state index in [4.69, 9.17) is 15.6 Å². The predicted molar refractivity (Wildman–Crippen MR) is 38.6 cm³/mol. The number of hydrogen-bond donors (Lipinski definition) is 2. The summed E-state index contributed by atoms with van der Waals surface area (Å²) in [5.41, 5.74) is 5.69. The third kappa shape index (κ3) is 1.94. The largest absolute Gasteiger partial charge is 0.393 e. The van der Waals surface area contributed by atoms with Crippen molar-refractivity contribution >= 4 is 0 Å². The van der Waals surface area contributed by atoms with Crippen LogP contribution in [-0.4, -0.2) is 30.5 Å². The van der Waals surface area contributed by atoms with Crippen LogP contribution in [0.2, 0.25) is 0 Å². The first-order chi connectivity index (χ1) is 4.70. The van der Waals surface area contributed by atoms with E-state index in [1.54, 1.807) is 6.92 Å². The van der Waals surface area contributed by atoms with Crippen molar-refractivity contribution in [1.29, 1.82) is 0 Å². The molecule has 1 aliphatic rings. The van der Waals surface area contributed by atoms with Gasteiger partial charge < -0.3 is 15.6 Å². The normalized spacial score (nSPS) is 36.3. The van der Waals surface area contributed by atoms with Crippen molar-refractivity contribution in [3.05, 3.63) is 0 Å². The van der Waals surface area contributed by atoms with Crippen LogP contribution >= 0.6 is 0 Å². The highest BCUT2D eigenvalue weighted by atomic mass is 16.5. The van der Waals surface area contributed by atoms with Gasteiger partial charge in [-0.1, -0.05) is 0 Å². The summed E-state index contributed by atoms with van der Waals surface area (Å²) in [6.07, 6.45) is 0.513. The molecule has 60 valence electrons. The lowest BCUT2D eigenvalue weighted by molar-refractivity contribution is 0.141. The Hall–Kier alpha value is -0.120. The van der Waals surface area contributed by atoms with Crippen molar-refractivity contribution in [3.63, 3.8) is 0 Å². The minimum atomic E-state index is -0.252. The van der Waals surface area contributed by atoms with E-state index in [-0.39, 0.29) is 12.1 Å². The van der Waals surface area contributed by atoms with Gasteiger partial charge >= 0.3 is 0 Å². The summed E-state index contributed by atoms with van der Waals surface area (Å²) in [6.45, 7) is 3.15. The molecular weight excluding hydrogens is 130 g/mol. The highest BCUT2D eigenvalue weighted by Gasteiger charge is 2.25. The molecule has 0 bridgehead atoms. The molecule has 1 fully saturated rings. The van der Waals surface area contributed by atoms with E-state index in [2.05, 4.69) is 0 Å². The van der Waals surface area contributed by atoms with E-state index >= 15 is 0 Å². The second-order valence-corrected chi connectivity index (χ2v) is 3.05. The first-order valence-corrected chi connectivity index (χ1v) is 3.71. The molecule has 0 aromatic rings. The molecule has 1 aliphatic heterocycles. The molecule has 3 heteroatoms. The van der Waals surface area contributed by atoms with Gasteiger partial charge in [0.15, 0.2) is 0 Å². The first kappa shape index (κ1) is 7.98. The molecule has 3 N–H and O–H groups in total. The number of rotatable bonds is 2. The lowest BCUT2D eigenvalue weighted by Crippen LogP contribution is -2.30. The fourth-order valence-electron chi connectivity index (χ4n) is 1.30. The number of ether oxygens (including phenoxy) is 1. The van der Waals surface area contributed by atoms with E-state index in [0.29, 0.717) is 19.1 Å². The monoisotopic (exact) mass is 145 g/mol. The van der Waals surface area contributed by atoms with Gasteiger partial charge in [-0.05, 0) is 13.3 Å². The Labute approximate surface area is 61.2 Å². The highest BCUT2D eigenvalue weighted by molar-refractivity contribution is 4.78. The topological polar surface area (TPSA) is 55.5 Å². The second-order valence-electron chi connectivity index (χ2n) is 3.05. The standard InChI is InChI=1S/C7H15NO2/c1-5(9)2-6-3-10-4-7(6)8/h5-7,9H,2-4,8H2,1H3. The van der Waals surface area contributed by atoms with Crippen molar-refractivity contribution < 1.29 is 9.84 Å². The predicted octanol–water partition coefficient (Wildman–Crippen LogP) is -0.269. The molecule has 3 unspecified atom stereocenters. The molecule has 0 aromatic carbocycles. The van der Waals surface area contributed by atoms with Gasteiger partial charge in [-0.3, -0.25) is 0 Å². The molecule has 0 aliphatic carbocycles. The van der Waals surface area contributed by atoms with E-state index in [1.807, 2.05) is 0 Å². The number of aliphatic hydroxyl groups is 1. The Morgan fingerprint density at radius 3 is 2.80 bits per heavy atom. The van der Waals surface area contributed by atoms with E-state index in [0.717, 1.165) is 6.42 Å². The van der Waals surface area contributed by atoms with Crippen LogP contribution in [0.4, 0.5) is 0 Å². The van der Waals surface area contributed by atoms with Gasteiger partial charge in [0.05, 0.1) is 19.3 Å². The molecule has 3 nitrogen and oxygen atoms in total. The zero-order valence-corrected chi connectivity index (χ0v) is 6.29. The molecule has 3 atom stereocenters. The van der Waals surface area contributed by atoms with Gasteiger partial charge in [0.1, 0.15) is 0 Å². The summed E-state index contributed by atoms with van der Waals surface area (Å²) in [5.74, 6) is 0.361. The Morgan fingerprint density at radius 1 is 1.70 bits per heavy atom. The van der Waals surface area contributed by atoms with Crippen LogP contribution in [0.5, 0.6) is 0 Å². The van der Waals surface area contributed by atoms with Crippen LogP contribution < -0.4 is 5.73 Å². The zero-order valence-electron chi connectivity index (χ0n) is 6.29. The molecular formula is C7H15NO2. The zero-order chi connectivity index (χ0) is 7.56. The maximum absolute atomic E-state index is 9.02. The fourth-order valence-corrected chi connectivity index (χ4v) is 1.30. The van der Waals surface area contributed by atoms with Gasteiger partial charge in [-0.15, -0.1) is 0 Å². The average molecular weight is 145 g/mol. The van der Waals surface area contributed by atoms with Crippen molar-refractivity contribution in [1.82, 2.24) is 0 Å². The maximum atomic E-state index is 9.02.